The molecule has 2 aliphatic rings. The van der Waals surface area contributed by atoms with E-state index in [1.165, 1.54) is 6.08 Å². The fraction of sp³-hybridized carbons (Fsp3) is 0.333. The largest absolute Gasteiger partial charge is 0.394 e. The van der Waals surface area contributed by atoms with E-state index >= 15 is 0 Å². The Labute approximate surface area is 196 Å². The quantitative estimate of drug-likeness (QED) is 0.512. The second-order valence-electron chi connectivity index (χ2n) is 7.97. The number of aryl methyl sites for hydroxylation is 1. The third-order valence-corrected chi connectivity index (χ3v) is 7.74. The molecule has 0 spiro atoms. The molecule has 0 aliphatic carbocycles. The first-order valence-electron chi connectivity index (χ1n) is 12.1. The molecular formula is C24H25FO7S. The summed E-state index contributed by atoms with van der Waals surface area (Å²) in [5.41, 5.74) is 1.05. The van der Waals surface area contributed by atoms with Crippen LogP contribution in [-0.4, -0.2) is 59.9 Å². The fourth-order valence-corrected chi connectivity index (χ4v) is 5.40. The Balaban J connectivity index is 1.65. The lowest BCUT2D eigenvalue weighted by Gasteiger charge is -2.40. The molecule has 0 saturated carbocycles. The Morgan fingerprint density at radius 2 is 1.76 bits per heavy atom. The molecule has 5 atom stereocenters. The van der Waals surface area contributed by atoms with Crippen molar-refractivity contribution in [2.24, 2.45) is 0 Å². The zero-order valence-electron chi connectivity index (χ0n) is 21.5. The first-order valence-corrected chi connectivity index (χ1v) is 11.6. The number of rotatable bonds is 5. The van der Waals surface area contributed by atoms with Gasteiger partial charge in [-0.1, -0.05) is 30.3 Å². The minimum atomic E-state index is -4.26. The van der Waals surface area contributed by atoms with E-state index in [0.717, 1.165) is 6.08 Å². The van der Waals surface area contributed by atoms with Crippen LogP contribution in [0.5, 0.6) is 0 Å². The van der Waals surface area contributed by atoms with Gasteiger partial charge >= 0.3 is 0 Å². The number of ether oxygens (including phenoxy) is 1. The van der Waals surface area contributed by atoms with Crippen molar-refractivity contribution in [3.63, 3.8) is 0 Å². The molecule has 9 heteroatoms. The van der Waals surface area contributed by atoms with Crippen molar-refractivity contribution in [2.75, 3.05) is 6.61 Å². The summed E-state index contributed by atoms with van der Waals surface area (Å²) in [6.07, 6.45) is -4.55. The number of benzene rings is 2. The molecule has 0 bridgehead atoms. The molecule has 0 radical (unpaired) electrons. The van der Waals surface area contributed by atoms with Crippen LogP contribution in [0.15, 0.2) is 59.4 Å². The molecule has 33 heavy (non-hydrogen) atoms. The number of allylic oxidation sites excluding steroid dienone is 3. The molecule has 1 fully saturated rings. The van der Waals surface area contributed by atoms with E-state index in [-0.39, 0.29) is 11.3 Å². The van der Waals surface area contributed by atoms with E-state index in [4.69, 9.17) is 10.2 Å². The van der Waals surface area contributed by atoms with Gasteiger partial charge in [0.1, 0.15) is 36.3 Å². The highest BCUT2D eigenvalue weighted by Gasteiger charge is 2.44. The molecule has 0 amide bonds. The fourth-order valence-electron chi connectivity index (χ4n) is 3.90. The van der Waals surface area contributed by atoms with Crippen LogP contribution in [0.2, 0.25) is 0 Å². The molecule has 176 valence electrons. The number of aliphatic hydroxyl groups excluding tert-OH is 4. The van der Waals surface area contributed by atoms with Gasteiger partial charge in [-0.15, -0.1) is 0 Å². The highest BCUT2D eigenvalue weighted by Crippen LogP contribution is 2.37. The Kier molecular flexibility index (Phi) is 5.23. The van der Waals surface area contributed by atoms with E-state index in [1.54, 1.807) is 25.1 Å². The zero-order valence-corrected chi connectivity index (χ0v) is 18.3. The first kappa shape index (κ1) is 19.0. The molecule has 4 N–H and O–H groups in total. The summed E-state index contributed by atoms with van der Waals surface area (Å²) < 4.78 is 77.6. The van der Waals surface area contributed by atoms with Crippen molar-refractivity contribution < 1.29 is 43.5 Å². The summed E-state index contributed by atoms with van der Waals surface area (Å²) in [4.78, 5) is -0.569. The molecular weight excluding hydrogens is 451 g/mol. The lowest BCUT2D eigenvalue weighted by atomic mass is 9.89. The maximum atomic E-state index is 14.0. The van der Waals surface area contributed by atoms with Gasteiger partial charge in [0, 0.05) is 6.42 Å². The predicted molar refractivity (Wildman–Crippen MR) is 119 cm³/mol. The van der Waals surface area contributed by atoms with Crippen LogP contribution in [0.25, 0.3) is 4.91 Å². The van der Waals surface area contributed by atoms with Crippen LogP contribution in [0.1, 0.15) is 33.8 Å². The summed E-state index contributed by atoms with van der Waals surface area (Å²) in [5.74, 6) is -1.37. The molecule has 2 aromatic rings. The number of aliphatic hydroxyl groups is 4. The summed E-state index contributed by atoms with van der Waals surface area (Å²) in [6, 6.07) is 1.30. The second kappa shape index (κ2) is 9.09. The zero-order chi connectivity index (χ0) is 27.4. The predicted octanol–water partition coefficient (Wildman–Crippen LogP) is 1.54. The van der Waals surface area contributed by atoms with E-state index < -0.39 is 87.4 Å². The lowest BCUT2D eigenvalue weighted by Crippen LogP contribution is -2.55. The van der Waals surface area contributed by atoms with Crippen LogP contribution >= 0.6 is 0 Å². The van der Waals surface area contributed by atoms with Crippen LogP contribution in [-0.2, 0) is 21.0 Å². The highest BCUT2D eigenvalue weighted by atomic mass is 32.2. The molecule has 0 unspecified atom stereocenters. The summed E-state index contributed by atoms with van der Waals surface area (Å²) >= 11 is 0. The molecule has 2 aliphatic heterocycles. The topological polar surface area (TPSA) is 124 Å². The normalized spacial score (nSPS) is 30.7. The van der Waals surface area contributed by atoms with Gasteiger partial charge in [0.15, 0.2) is 0 Å². The van der Waals surface area contributed by atoms with Crippen molar-refractivity contribution in [3.05, 3.63) is 87.5 Å². The minimum Gasteiger partial charge on any atom is -0.394 e. The SMILES string of the molecule is [2H]c1c([2H])c(C2=CC=C(Cc3cc([C@@H]4O[C@H](CO)[C@@H](O)[C@H](O)[C@H]4O)ccc3C)S2(=O)=O)c([2H])c([2H])c1F. The van der Waals surface area contributed by atoms with Crippen LogP contribution < -0.4 is 0 Å². The summed E-state index contributed by atoms with van der Waals surface area (Å²) in [7, 11) is -4.26. The maximum Gasteiger partial charge on any atom is 0.203 e. The number of halogens is 1. The molecule has 7 nitrogen and oxygen atoms in total. The number of hydrogen-bond donors (Lipinski definition) is 4. The van der Waals surface area contributed by atoms with Crippen molar-refractivity contribution in [3.8, 4) is 0 Å². The second-order valence-corrected chi connectivity index (χ2v) is 9.94. The van der Waals surface area contributed by atoms with Crippen molar-refractivity contribution >= 4 is 14.7 Å². The van der Waals surface area contributed by atoms with E-state index in [1.807, 2.05) is 0 Å². The van der Waals surface area contributed by atoms with E-state index in [9.17, 15) is 33.2 Å². The van der Waals surface area contributed by atoms with Crippen LogP contribution in [0.3, 0.4) is 0 Å². The summed E-state index contributed by atoms with van der Waals surface area (Å²) in [5, 5.41) is 40.1. The van der Waals surface area contributed by atoms with Gasteiger partial charge in [-0.2, -0.15) is 0 Å². The van der Waals surface area contributed by atoms with E-state index in [2.05, 4.69) is 0 Å². The standard InChI is InChI=1S/C24H25FO7S/c1-13-2-3-15(24-23(29)22(28)21(27)19(12-26)32-24)10-16(13)11-18-8-9-20(33(18,30)31)14-4-6-17(25)7-5-14/h2-10,19,21-24,26-29H,11-12H2,1H3/t19-,21-,22+,23-,24+/m1/s1/i4D,5D,6D,7D. The van der Waals surface area contributed by atoms with Crippen LogP contribution in [0.4, 0.5) is 4.39 Å². The van der Waals surface area contributed by atoms with Gasteiger partial charge in [-0.05, 0) is 53.4 Å². The van der Waals surface area contributed by atoms with Gasteiger partial charge in [0.2, 0.25) is 9.84 Å². The lowest BCUT2D eigenvalue weighted by molar-refractivity contribution is -0.231. The Bertz CT molecular complexity index is 1400. The van der Waals surface area contributed by atoms with E-state index in [0.29, 0.717) is 16.7 Å². The average molecular weight is 481 g/mol. The maximum absolute atomic E-state index is 14.0. The van der Waals surface area contributed by atoms with Crippen LogP contribution in [0, 0.1) is 12.7 Å². The Hall–Kier alpha value is -2.40. The monoisotopic (exact) mass is 480 g/mol. The van der Waals surface area contributed by atoms with Crippen molar-refractivity contribution in [1.29, 1.82) is 0 Å². The van der Waals surface area contributed by atoms with Gasteiger partial charge in [0.05, 0.1) is 21.9 Å². The molecule has 2 aromatic carbocycles. The first-order chi connectivity index (χ1) is 17.3. The van der Waals surface area contributed by atoms with Gasteiger partial charge in [0.25, 0.3) is 0 Å². The van der Waals surface area contributed by atoms with Crippen molar-refractivity contribution in [1.82, 2.24) is 0 Å². The van der Waals surface area contributed by atoms with Gasteiger partial charge in [-0.3, -0.25) is 0 Å². The average Bonchev–Trinajstić information content (AvgIpc) is 3.15. The van der Waals surface area contributed by atoms with Gasteiger partial charge < -0.3 is 25.2 Å². The molecule has 4 rings (SSSR count). The summed E-state index contributed by atoms with van der Waals surface area (Å²) in [6.45, 7) is 1.13. The minimum absolute atomic E-state index is 0.0993. The molecule has 2 heterocycles. The smallest absolute Gasteiger partial charge is 0.203 e. The third kappa shape index (κ3) is 4.40. The number of hydrogen-bond acceptors (Lipinski definition) is 7. The molecule has 1 saturated heterocycles. The highest BCUT2D eigenvalue weighted by molar-refractivity contribution is 8.04. The Morgan fingerprint density at radius 1 is 1.06 bits per heavy atom. The van der Waals surface area contributed by atoms with Crippen molar-refractivity contribution in [2.45, 2.75) is 43.9 Å². The third-order valence-electron chi connectivity index (χ3n) is 5.85. The number of sulfone groups is 1. The Morgan fingerprint density at radius 3 is 2.42 bits per heavy atom. The molecule has 0 aromatic heterocycles. The van der Waals surface area contributed by atoms with Gasteiger partial charge in [-0.25, -0.2) is 12.8 Å².